The molecule has 0 bridgehead atoms. The van der Waals surface area contributed by atoms with Gasteiger partial charge in [0.05, 0.1) is 11.7 Å². The van der Waals surface area contributed by atoms with Crippen LogP contribution in [-0.4, -0.2) is 17.6 Å². The molecular weight excluding hydrogens is 247 g/mol. The Kier molecular flexibility index (Phi) is 5.36. The van der Waals surface area contributed by atoms with E-state index in [-0.39, 0.29) is 18.2 Å². The molecule has 0 fully saturated rings. The lowest BCUT2D eigenvalue weighted by Crippen LogP contribution is -2.28. The van der Waals surface area contributed by atoms with E-state index >= 15 is 0 Å². The third-order valence-electron chi connectivity index (χ3n) is 2.76. The Morgan fingerprint density at radius 2 is 2.21 bits per heavy atom. The summed E-state index contributed by atoms with van der Waals surface area (Å²) in [5, 5.41) is 14.9. The third-order valence-corrected chi connectivity index (χ3v) is 2.76. The van der Waals surface area contributed by atoms with Crippen molar-refractivity contribution >= 4 is 12.1 Å². The number of halogens is 1. The van der Waals surface area contributed by atoms with Gasteiger partial charge in [-0.3, -0.25) is 4.79 Å². The molecule has 1 amide bonds. The predicted molar refractivity (Wildman–Crippen MR) is 73.3 cm³/mol. The van der Waals surface area contributed by atoms with E-state index in [0.717, 1.165) is 0 Å². The molecule has 0 aromatic heterocycles. The molecule has 5 heteroatoms. The van der Waals surface area contributed by atoms with Crippen molar-refractivity contribution in [1.82, 2.24) is 5.32 Å². The highest BCUT2D eigenvalue weighted by Gasteiger charge is 2.17. The SMILES string of the molecule is C=C(O)C(Nc1ccc(CNC=O)cc1F)C(C)C. The summed E-state index contributed by atoms with van der Waals surface area (Å²) in [6, 6.07) is 4.22. The van der Waals surface area contributed by atoms with Gasteiger partial charge in [0, 0.05) is 6.54 Å². The molecule has 0 aliphatic carbocycles. The van der Waals surface area contributed by atoms with E-state index in [1.54, 1.807) is 12.1 Å². The minimum absolute atomic E-state index is 0.0268. The van der Waals surface area contributed by atoms with Crippen LogP contribution < -0.4 is 10.6 Å². The van der Waals surface area contributed by atoms with Crippen LogP contribution in [0, 0.1) is 11.7 Å². The average molecular weight is 266 g/mol. The maximum absolute atomic E-state index is 13.9. The molecule has 0 spiro atoms. The van der Waals surface area contributed by atoms with E-state index in [4.69, 9.17) is 0 Å². The summed E-state index contributed by atoms with van der Waals surface area (Å²) in [5.74, 6) is -0.383. The lowest BCUT2D eigenvalue weighted by atomic mass is 10.0. The summed E-state index contributed by atoms with van der Waals surface area (Å²) >= 11 is 0. The monoisotopic (exact) mass is 266 g/mol. The van der Waals surface area contributed by atoms with Gasteiger partial charge in [-0.2, -0.15) is 0 Å². The Bertz CT molecular complexity index is 461. The van der Waals surface area contributed by atoms with Crippen molar-refractivity contribution in [3.05, 3.63) is 41.9 Å². The molecule has 104 valence electrons. The van der Waals surface area contributed by atoms with E-state index in [1.807, 2.05) is 13.8 Å². The minimum atomic E-state index is -0.433. The second kappa shape index (κ2) is 6.78. The molecule has 4 nitrogen and oxygen atoms in total. The Morgan fingerprint density at radius 1 is 1.53 bits per heavy atom. The Hall–Kier alpha value is -2.04. The first-order valence-corrected chi connectivity index (χ1v) is 6.05. The lowest BCUT2D eigenvalue weighted by molar-refractivity contribution is -0.109. The van der Waals surface area contributed by atoms with Gasteiger partial charge in [0.15, 0.2) is 0 Å². The predicted octanol–water partition coefficient (Wildman–Crippen LogP) is 2.58. The van der Waals surface area contributed by atoms with Crippen LogP contribution in [0.3, 0.4) is 0 Å². The smallest absolute Gasteiger partial charge is 0.207 e. The molecule has 0 saturated carbocycles. The van der Waals surface area contributed by atoms with Crippen molar-refractivity contribution in [2.45, 2.75) is 26.4 Å². The van der Waals surface area contributed by atoms with Crippen LogP contribution in [0.1, 0.15) is 19.4 Å². The fourth-order valence-corrected chi connectivity index (χ4v) is 1.75. The molecule has 1 aromatic carbocycles. The van der Waals surface area contributed by atoms with E-state index in [1.165, 1.54) is 6.07 Å². The fourth-order valence-electron chi connectivity index (χ4n) is 1.75. The molecule has 0 radical (unpaired) electrons. The van der Waals surface area contributed by atoms with E-state index < -0.39 is 11.9 Å². The molecule has 0 aliphatic rings. The van der Waals surface area contributed by atoms with Crippen LogP contribution >= 0.6 is 0 Å². The summed E-state index contributed by atoms with van der Waals surface area (Å²) in [6.45, 7) is 7.57. The van der Waals surface area contributed by atoms with E-state index in [2.05, 4.69) is 17.2 Å². The highest BCUT2D eigenvalue weighted by atomic mass is 19.1. The molecular formula is C14H19FN2O2. The lowest BCUT2D eigenvalue weighted by Gasteiger charge is -2.22. The maximum atomic E-state index is 13.9. The van der Waals surface area contributed by atoms with Crippen LogP contribution in [0.2, 0.25) is 0 Å². The zero-order chi connectivity index (χ0) is 14.4. The number of aliphatic hydroxyl groups excluding tert-OH is 1. The first-order chi connectivity index (χ1) is 8.95. The van der Waals surface area contributed by atoms with E-state index in [0.29, 0.717) is 17.7 Å². The van der Waals surface area contributed by atoms with Gasteiger partial charge in [-0.1, -0.05) is 26.5 Å². The second-order valence-corrected chi connectivity index (χ2v) is 4.67. The number of rotatable bonds is 7. The Labute approximate surface area is 112 Å². The third kappa shape index (κ3) is 4.28. The van der Waals surface area contributed by atoms with Crippen LogP contribution in [-0.2, 0) is 11.3 Å². The Balaban J connectivity index is 2.84. The number of nitrogens with one attached hydrogen (secondary N) is 2. The summed E-state index contributed by atoms with van der Waals surface area (Å²) in [5.41, 5.74) is 0.961. The van der Waals surface area contributed by atoms with Crippen molar-refractivity contribution in [3.63, 3.8) is 0 Å². The number of anilines is 1. The normalized spacial score (nSPS) is 12.0. The zero-order valence-electron chi connectivity index (χ0n) is 11.1. The number of benzene rings is 1. The minimum Gasteiger partial charge on any atom is -0.511 e. The van der Waals surface area contributed by atoms with E-state index in [9.17, 15) is 14.3 Å². The van der Waals surface area contributed by atoms with Gasteiger partial charge in [-0.05, 0) is 23.6 Å². The molecule has 0 aliphatic heterocycles. The molecule has 1 rings (SSSR count). The summed E-state index contributed by atoms with van der Waals surface area (Å²) < 4.78 is 13.9. The second-order valence-electron chi connectivity index (χ2n) is 4.67. The fraction of sp³-hybridized carbons (Fsp3) is 0.357. The summed E-state index contributed by atoms with van der Waals surface area (Å²) in [4.78, 5) is 10.2. The number of carbonyl (C=O) groups excluding carboxylic acids is 1. The largest absolute Gasteiger partial charge is 0.511 e. The standard InChI is InChI=1S/C14H19FN2O2/c1-9(2)14(10(3)19)17-13-5-4-11(6-12(13)15)7-16-8-18/h4-6,8-9,14,17,19H,3,7H2,1-2H3,(H,16,18). The summed E-state index contributed by atoms with van der Waals surface area (Å²) in [6.07, 6.45) is 0.564. The van der Waals surface area contributed by atoms with Crippen molar-refractivity contribution in [3.8, 4) is 0 Å². The number of carbonyl (C=O) groups is 1. The van der Waals surface area contributed by atoms with Crippen molar-refractivity contribution < 1.29 is 14.3 Å². The van der Waals surface area contributed by atoms with Crippen LogP contribution in [0.15, 0.2) is 30.5 Å². The molecule has 1 unspecified atom stereocenters. The first-order valence-electron chi connectivity index (χ1n) is 6.05. The molecule has 0 heterocycles. The number of hydrogen-bond donors (Lipinski definition) is 3. The Morgan fingerprint density at radius 3 is 2.68 bits per heavy atom. The van der Waals surface area contributed by atoms with Crippen molar-refractivity contribution in [2.75, 3.05) is 5.32 Å². The highest BCUT2D eigenvalue weighted by Crippen LogP contribution is 2.20. The van der Waals surface area contributed by atoms with Gasteiger partial charge >= 0.3 is 0 Å². The molecule has 1 atom stereocenters. The van der Waals surface area contributed by atoms with Gasteiger partial charge in [-0.25, -0.2) is 4.39 Å². The topological polar surface area (TPSA) is 61.4 Å². The van der Waals surface area contributed by atoms with Gasteiger partial charge in [-0.15, -0.1) is 0 Å². The van der Waals surface area contributed by atoms with Crippen LogP contribution in [0.5, 0.6) is 0 Å². The van der Waals surface area contributed by atoms with Gasteiger partial charge in [0.25, 0.3) is 0 Å². The average Bonchev–Trinajstić information content (AvgIpc) is 2.34. The first kappa shape index (κ1) is 15.0. The van der Waals surface area contributed by atoms with Crippen molar-refractivity contribution in [2.24, 2.45) is 5.92 Å². The highest BCUT2D eigenvalue weighted by molar-refractivity contribution is 5.50. The maximum Gasteiger partial charge on any atom is 0.207 e. The zero-order valence-corrected chi connectivity index (χ0v) is 11.1. The molecule has 3 N–H and O–H groups in total. The van der Waals surface area contributed by atoms with Crippen LogP contribution in [0.25, 0.3) is 0 Å². The van der Waals surface area contributed by atoms with Crippen molar-refractivity contribution in [1.29, 1.82) is 0 Å². The molecule has 19 heavy (non-hydrogen) atoms. The number of aliphatic hydroxyl groups is 1. The molecule has 0 saturated heterocycles. The van der Waals surface area contributed by atoms with Gasteiger partial charge in [0.2, 0.25) is 6.41 Å². The van der Waals surface area contributed by atoms with Gasteiger partial charge in [0.1, 0.15) is 11.6 Å². The molecule has 1 aromatic rings. The van der Waals surface area contributed by atoms with Gasteiger partial charge < -0.3 is 15.7 Å². The number of amides is 1. The summed E-state index contributed by atoms with van der Waals surface area (Å²) in [7, 11) is 0. The quantitative estimate of drug-likeness (QED) is 0.525. The van der Waals surface area contributed by atoms with Crippen LogP contribution in [0.4, 0.5) is 10.1 Å². The number of hydrogen-bond acceptors (Lipinski definition) is 3.